The smallest absolute Gasteiger partial charge is 0.117 e. The van der Waals surface area contributed by atoms with Gasteiger partial charge in [0.15, 0.2) is 0 Å². The zero-order valence-corrected chi connectivity index (χ0v) is 12.3. The van der Waals surface area contributed by atoms with E-state index in [-0.39, 0.29) is 0 Å². The van der Waals surface area contributed by atoms with Crippen molar-refractivity contribution in [2.45, 2.75) is 45.6 Å². The van der Waals surface area contributed by atoms with Gasteiger partial charge in [0, 0.05) is 6.54 Å². The second kappa shape index (κ2) is 6.67. The molecular weight excluding hydrogens is 242 g/mol. The highest BCUT2D eigenvalue weighted by Crippen LogP contribution is 2.38. The Hall–Kier alpha value is -0.410. The van der Waals surface area contributed by atoms with Crippen molar-refractivity contribution in [1.29, 1.82) is 0 Å². The Kier molecular flexibility index (Phi) is 5.19. The third-order valence-corrected chi connectivity index (χ3v) is 4.89. The molecule has 0 radical (unpaired) electrons. The zero-order chi connectivity index (χ0) is 12.8. The van der Waals surface area contributed by atoms with Gasteiger partial charge in [0.25, 0.3) is 0 Å². The van der Waals surface area contributed by atoms with Crippen molar-refractivity contribution < 1.29 is 4.42 Å². The Morgan fingerprint density at radius 3 is 2.67 bits per heavy atom. The van der Waals surface area contributed by atoms with Gasteiger partial charge in [-0.2, -0.15) is 12.6 Å². The topological polar surface area (TPSA) is 16.4 Å². The Morgan fingerprint density at radius 1 is 1.33 bits per heavy atom. The van der Waals surface area contributed by atoms with Gasteiger partial charge in [0.2, 0.25) is 0 Å². The van der Waals surface area contributed by atoms with E-state index in [1.807, 2.05) is 6.07 Å². The first-order chi connectivity index (χ1) is 8.78. The van der Waals surface area contributed by atoms with E-state index in [9.17, 15) is 0 Å². The van der Waals surface area contributed by atoms with Gasteiger partial charge in [-0.1, -0.05) is 26.2 Å². The van der Waals surface area contributed by atoms with Crippen LogP contribution in [0.15, 0.2) is 22.8 Å². The van der Waals surface area contributed by atoms with Gasteiger partial charge in [0.1, 0.15) is 5.76 Å². The SMILES string of the molecule is CCN(Cc1ccco1)CC1(CS)CCCCC1. The lowest BCUT2D eigenvalue weighted by atomic mass is 9.75. The molecule has 0 unspecified atom stereocenters. The molecule has 18 heavy (non-hydrogen) atoms. The molecule has 0 saturated heterocycles. The summed E-state index contributed by atoms with van der Waals surface area (Å²) in [5, 5.41) is 0. The summed E-state index contributed by atoms with van der Waals surface area (Å²) in [6.45, 7) is 5.40. The maximum atomic E-state index is 5.46. The van der Waals surface area contributed by atoms with Gasteiger partial charge in [-0.15, -0.1) is 0 Å². The van der Waals surface area contributed by atoms with Crippen LogP contribution in [0.1, 0.15) is 44.8 Å². The second-order valence-corrected chi connectivity index (χ2v) is 5.92. The summed E-state index contributed by atoms with van der Waals surface area (Å²) in [5.74, 6) is 2.09. The Labute approximate surface area is 116 Å². The third-order valence-electron chi connectivity index (χ3n) is 4.22. The molecule has 0 spiro atoms. The first kappa shape index (κ1) is 14.0. The van der Waals surface area contributed by atoms with E-state index < -0.39 is 0 Å². The lowest BCUT2D eigenvalue weighted by Gasteiger charge is -2.40. The Balaban J connectivity index is 1.95. The fourth-order valence-electron chi connectivity index (χ4n) is 3.04. The maximum Gasteiger partial charge on any atom is 0.117 e. The van der Waals surface area contributed by atoms with Gasteiger partial charge in [0.05, 0.1) is 12.8 Å². The highest BCUT2D eigenvalue weighted by molar-refractivity contribution is 7.80. The minimum atomic E-state index is 0.434. The summed E-state index contributed by atoms with van der Waals surface area (Å²) in [6.07, 6.45) is 8.59. The first-order valence-corrected chi connectivity index (χ1v) is 7.77. The number of rotatable bonds is 6. The molecule has 2 rings (SSSR count). The molecule has 0 atom stereocenters. The number of furan rings is 1. The molecule has 0 N–H and O–H groups in total. The Bertz CT molecular complexity index is 330. The number of nitrogens with zero attached hydrogens (tertiary/aromatic N) is 1. The average molecular weight is 267 g/mol. The molecule has 1 aliphatic rings. The molecule has 1 fully saturated rings. The monoisotopic (exact) mass is 267 g/mol. The summed E-state index contributed by atoms with van der Waals surface area (Å²) < 4.78 is 5.46. The summed E-state index contributed by atoms with van der Waals surface area (Å²) in [5.41, 5.74) is 0.434. The third kappa shape index (κ3) is 3.55. The fraction of sp³-hybridized carbons (Fsp3) is 0.733. The van der Waals surface area contributed by atoms with E-state index in [1.165, 1.54) is 32.1 Å². The van der Waals surface area contributed by atoms with E-state index in [1.54, 1.807) is 6.26 Å². The summed E-state index contributed by atoms with van der Waals surface area (Å²) in [6, 6.07) is 4.04. The van der Waals surface area contributed by atoms with Crippen molar-refractivity contribution in [1.82, 2.24) is 4.90 Å². The van der Waals surface area contributed by atoms with Crippen LogP contribution in [0.4, 0.5) is 0 Å². The zero-order valence-electron chi connectivity index (χ0n) is 11.4. The van der Waals surface area contributed by atoms with Crippen LogP contribution in [0.5, 0.6) is 0 Å². The minimum absolute atomic E-state index is 0.434. The molecule has 1 aliphatic carbocycles. The number of hydrogen-bond donors (Lipinski definition) is 1. The van der Waals surface area contributed by atoms with E-state index in [0.29, 0.717) is 5.41 Å². The van der Waals surface area contributed by atoms with E-state index in [4.69, 9.17) is 4.42 Å². The summed E-state index contributed by atoms with van der Waals surface area (Å²) in [4.78, 5) is 2.50. The van der Waals surface area contributed by atoms with Crippen molar-refractivity contribution in [3.63, 3.8) is 0 Å². The quantitative estimate of drug-likeness (QED) is 0.785. The molecule has 1 aromatic rings. The minimum Gasteiger partial charge on any atom is -0.468 e. The van der Waals surface area contributed by atoms with Gasteiger partial charge in [-0.05, 0) is 42.7 Å². The van der Waals surface area contributed by atoms with Gasteiger partial charge in [-0.25, -0.2) is 0 Å². The highest BCUT2D eigenvalue weighted by Gasteiger charge is 2.32. The molecule has 1 saturated carbocycles. The van der Waals surface area contributed by atoms with Crippen LogP contribution in [0.2, 0.25) is 0 Å². The molecule has 0 aromatic carbocycles. The molecular formula is C15H25NOS. The van der Waals surface area contributed by atoms with Crippen molar-refractivity contribution >= 4 is 12.6 Å². The van der Waals surface area contributed by atoms with Crippen molar-refractivity contribution in [3.05, 3.63) is 24.2 Å². The van der Waals surface area contributed by atoms with Gasteiger partial charge >= 0.3 is 0 Å². The van der Waals surface area contributed by atoms with Crippen molar-refractivity contribution in [3.8, 4) is 0 Å². The first-order valence-electron chi connectivity index (χ1n) is 7.13. The standard InChI is InChI=1S/C15H25NOS/c1-2-16(11-14-7-6-10-17-14)12-15(13-18)8-4-3-5-9-15/h6-7,10,18H,2-5,8-9,11-13H2,1H3. The largest absolute Gasteiger partial charge is 0.468 e. The lowest BCUT2D eigenvalue weighted by molar-refractivity contribution is 0.119. The van der Waals surface area contributed by atoms with Crippen LogP contribution in [0.25, 0.3) is 0 Å². The van der Waals surface area contributed by atoms with Gasteiger partial charge < -0.3 is 4.42 Å². The van der Waals surface area contributed by atoms with E-state index in [2.05, 4.69) is 30.5 Å². The van der Waals surface area contributed by atoms with E-state index in [0.717, 1.165) is 31.1 Å². The maximum absolute atomic E-state index is 5.46. The molecule has 0 amide bonds. The van der Waals surface area contributed by atoms with E-state index >= 15 is 0 Å². The lowest BCUT2D eigenvalue weighted by Crippen LogP contribution is -2.40. The summed E-state index contributed by atoms with van der Waals surface area (Å²) in [7, 11) is 0. The number of thiol groups is 1. The fourth-order valence-corrected chi connectivity index (χ4v) is 3.46. The number of hydrogen-bond acceptors (Lipinski definition) is 3. The second-order valence-electron chi connectivity index (χ2n) is 5.60. The highest BCUT2D eigenvalue weighted by atomic mass is 32.1. The van der Waals surface area contributed by atoms with Crippen molar-refractivity contribution in [2.24, 2.45) is 5.41 Å². The molecule has 1 heterocycles. The molecule has 0 aliphatic heterocycles. The average Bonchev–Trinajstić information content (AvgIpc) is 2.92. The van der Waals surface area contributed by atoms with Crippen LogP contribution < -0.4 is 0 Å². The molecule has 2 nitrogen and oxygen atoms in total. The van der Waals surface area contributed by atoms with Crippen LogP contribution in [-0.4, -0.2) is 23.7 Å². The molecule has 1 aromatic heterocycles. The summed E-state index contributed by atoms with van der Waals surface area (Å²) >= 11 is 4.63. The molecule has 102 valence electrons. The normalized spacial score (nSPS) is 19.3. The van der Waals surface area contributed by atoms with Crippen molar-refractivity contribution in [2.75, 3.05) is 18.8 Å². The predicted molar refractivity (Wildman–Crippen MR) is 79.0 cm³/mol. The van der Waals surface area contributed by atoms with Crippen LogP contribution in [-0.2, 0) is 6.54 Å². The van der Waals surface area contributed by atoms with Crippen LogP contribution in [0, 0.1) is 5.41 Å². The Morgan fingerprint density at radius 2 is 2.11 bits per heavy atom. The molecule has 3 heteroatoms. The van der Waals surface area contributed by atoms with Crippen LogP contribution in [0.3, 0.4) is 0 Å². The van der Waals surface area contributed by atoms with Crippen LogP contribution >= 0.6 is 12.6 Å². The van der Waals surface area contributed by atoms with Gasteiger partial charge in [-0.3, -0.25) is 4.90 Å². The predicted octanol–water partition coefficient (Wildman–Crippen LogP) is 3.98. The molecule has 0 bridgehead atoms.